The van der Waals surface area contributed by atoms with Gasteiger partial charge in [-0.2, -0.15) is 0 Å². The molecule has 0 bridgehead atoms. The van der Waals surface area contributed by atoms with Gasteiger partial charge in [0.25, 0.3) is 0 Å². The summed E-state index contributed by atoms with van der Waals surface area (Å²) >= 11 is 12.4. The third kappa shape index (κ3) is 5.13. The highest BCUT2D eigenvalue weighted by atomic mass is 35.5. The first-order valence-corrected chi connectivity index (χ1v) is 9.77. The smallest absolute Gasteiger partial charge is 0.156 e. The van der Waals surface area contributed by atoms with Gasteiger partial charge < -0.3 is 10.1 Å². The summed E-state index contributed by atoms with van der Waals surface area (Å²) in [4.78, 5) is 0. The van der Waals surface area contributed by atoms with Crippen LogP contribution in [0.2, 0.25) is 10.0 Å². The Morgan fingerprint density at radius 3 is 2.32 bits per heavy atom. The molecule has 0 aromatic heterocycles. The number of hydrogen-bond acceptors (Lipinski definition) is 2. The second-order valence-electron chi connectivity index (χ2n) is 6.78. The van der Waals surface area contributed by atoms with Crippen LogP contribution in [0.15, 0.2) is 36.4 Å². The van der Waals surface area contributed by atoms with Crippen LogP contribution in [0.4, 0.5) is 0 Å². The fourth-order valence-corrected chi connectivity index (χ4v) is 4.09. The molecule has 2 aromatic rings. The van der Waals surface area contributed by atoms with E-state index >= 15 is 0 Å². The molecule has 0 aliphatic carbocycles. The molecule has 0 spiro atoms. The largest absolute Gasteiger partial charge is 0.490 e. The number of halogens is 2. The van der Waals surface area contributed by atoms with E-state index in [-0.39, 0.29) is 0 Å². The van der Waals surface area contributed by atoms with Gasteiger partial charge in [0.05, 0.1) is 16.7 Å². The van der Waals surface area contributed by atoms with Crippen molar-refractivity contribution in [3.63, 3.8) is 0 Å². The highest BCUT2D eigenvalue weighted by Crippen LogP contribution is 2.34. The molecule has 0 amide bonds. The second kappa shape index (κ2) is 8.93. The van der Waals surface area contributed by atoms with Crippen molar-refractivity contribution in [2.24, 2.45) is 0 Å². The average Bonchev–Trinajstić information content (AvgIpc) is 2.61. The van der Waals surface area contributed by atoms with Crippen LogP contribution in [0, 0.1) is 6.92 Å². The minimum Gasteiger partial charge on any atom is -0.490 e. The van der Waals surface area contributed by atoms with E-state index in [0.29, 0.717) is 28.3 Å². The van der Waals surface area contributed by atoms with Crippen LogP contribution < -0.4 is 10.1 Å². The number of aryl methyl sites for hydroxylation is 2. The topological polar surface area (TPSA) is 21.3 Å². The van der Waals surface area contributed by atoms with Crippen LogP contribution in [-0.4, -0.2) is 19.7 Å². The van der Waals surface area contributed by atoms with E-state index < -0.39 is 0 Å². The first kappa shape index (κ1) is 18.6. The molecule has 0 saturated carbocycles. The quantitative estimate of drug-likeness (QED) is 0.644. The monoisotopic (exact) mass is 377 g/mol. The standard InChI is InChI=1S/C21H25Cl2NO/c1-15-13-19(22)21(20(23)14-15)25-12-2-3-16-4-6-17(7-5-16)18-8-10-24-11-9-18/h4-7,13-14,18,24H,2-3,8-12H2,1H3. The zero-order valence-corrected chi connectivity index (χ0v) is 16.2. The third-order valence-corrected chi connectivity index (χ3v) is 5.35. The summed E-state index contributed by atoms with van der Waals surface area (Å²) in [5, 5.41) is 4.58. The Bertz CT molecular complexity index is 671. The SMILES string of the molecule is Cc1cc(Cl)c(OCCCc2ccc(C3CCNCC3)cc2)c(Cl)c1. The normalized spacial score (nSPS) is 15.3. The minimum absolute atomic E-state index is 0.580. The molecule has 2 aromatic carbocycles. The molecule has 1 N–H and O–H groups in total. The van der Waals surface area contributed by atoms with Crippen LogP contribution in [-0.2, 0) is 6.42 Å². The van der Waals surface area contributed by atoms with E-state index in [9.17, 15) is 0 Å². The summed E-state index contributed by atoms with van der Waals surface area (Å²) in [6.07, 6.45) is 4.41. The van der Waals surface area contributed by atoms with Crippen molar-refractivity contribution in [3.8, 4) is 5.75 Å². The summed E-state index contributed by atoms with van der Waals surface area (Å²) in [7, 11) is 0. The Balaban J connectivity index is 1.48. The van der Waals surface area contributed by atoms with E-state index in [4.69, 9.17) is 27.9 Å². The van der Waals surface area contributed by atoms with Gasteiger partial charge in [0, 0.05) is 0 Å². The van der Waals surface area contributed by atoms with E-state index in [1.54, 1.807) is 0 Å². The molecule has 2 nitrogen and oxygen atoms in total. The second-order valence-corrected chi connectivity index (χ2v) is 7.59. The van der Waals surface area contributed by atoms with Crippen LogP contribution in [0.25, 0.3) is 0 Å². The lowest BCUT2D eigenvalue weighted by Crippen LogP contribution is -2.26. The molecule has 0 atom stereocenters. The Labute approximate surface area is 160 Å². The molecule has 0 unspecified atom stereocenters. The van der Waals surface area contributed by atoms with Crippen LogP contribution >= 0.6 is 23.2 Å². The fourth-order valence-electron chi connectivity index (χ4n) is 3.39. The maximum Gasteiger partial charge on any atom is 0.156 e. The molecular formula is C21H25Cl2NO. The summed E-state index contributed by atoms with van der Waals surface area (Å²) < 4.78 is 5.79. The number of hydrogen-bond donors (Lipinski definition) is 1. The van der Waals surface area contributed by atoms with Gasteiger partial charge in [-0.1, -0.05) is 47.5 Å². The number of ether oxygens (including phenoxy) is 1. The predicted molar refractivity (Wildman–Crippen MR) is 106 cm³/mol. The lowest BCUT2D eigenvalue weighted by molar-refractivity contribution is 0.311. The van der Waals surface area contributed by atoms with Crippen molar-refractivity contribution in [3.05, 3.63) is 63.1 Å². The van der Waals surface area contributed by atoms with Gasteiger partial charge >= 0.3 is 0 Å². The van der Waals surface area contributed by atoms with Crippen molar-refractivity contribution in [2.75, 3.05) is 19.7 Å². The van der Waals surface area contributed by atoms with Crippen molar-refractivity contribution in [2.45, 2.75) is 38.5 Å². The zero-order valence-electron chi connectivity index (χ0n) is 14.7. The van der Waals surface area contributed by atoms with E-state index in [1.807, 2.05) is 19.1 Å². The number of nitrogens with one attached hydrogen (secondary N) is 1. The Morgan fingerprint density at radius 2 is 1.68 bits per heavy atom. The minimum atomic E-state index is 0.580. The Morgan fingerprint density at radius 1 is 1.04 bits per heavy atom. The van der Waals surface area contributed by atoms with Gasteiger partial charge in [-0.15, -0.1) is 0 Å². The molecule has 1 fully saturated rings. The molecule has 4 heteroatoms. The third-order valence-electron chi connectivity index (χ3n) is 4.79. The molecule has 0 radical (unpaired) electrons. The lowest BCUT2D eigenvalue weighted by atomic mass is 9.89. The van der Waals surface area contributed by atoms with Crippen molar-refractivity contribution in [1.29, 1.82) is 0 Å². The molecule has 25 heavy (non-hydrogen) atoms. The van der Waals surface area contributed by atoms with E-state index in [1.165, 1.54) is 24.0 Å². The van der Waals surface area contributed by atoms with Gasteiger partial charge in [0.1, 0.15) is 0 Å². The van der Waals surface area contributed by atoms with Crippen molar-refractivity contribution >= 4 is 23.2 Å². The van der Waals surface area contributed by atoms with E-state index in [0.717, 1.165) is 31.5 Å². The number of piperidine rings is 1. The first-order valence-electron chi connectivity index (χ1n) is 9.01. The Hall–Kier alpha value is -1.22. The zero-order chi connectivity index (χ0) is 17.6. The van der Waals surface area contributed by atoms with Crippen molar-refractivity contribution in [1.82, 2.24) is 5.32 Å². The highest BCUT2D eigenvalue weighted by Gasteiger charge is 2.14. The maximum atomic E-state index is 6.21. The predicted octanol–water partition coefficient (Wildman–Crippen LogP) is 5.78. The van der Waals surface area contributed by atoms with Gasteiger partial charge in [-0.05, 0) is 80.4 Å². The first-order chi connectivity index (χ1) is 12.1. The average molecular weight is 378 g/mol. The van der Waals surface area contributed by atoms with Gasteiger partial charge in [0.15, 0.2) is 5.75 Å². The van der Waals surface area contributed by atoms with Gasteiger partial charge in [0.2, 0.25) is 0 Å². The fraction of sp³-hybridized carbons (Fsp3) is 0.429. The molecule has 1 saturated heterocycles. The summed E-state index contributed by atoms with van der Waals surface area (Å²) in [6, 6.07) is 12.8. The van der Waals surface area contributed by atoms with Crippen LogP contribution in [0.5, 0.6) is 5.75 Å². The summed E-state index contributed by atoms with van der Waals surface area (Å²) in [6.45, 7) is 4.84. The van der Waals surface area contributed by atoms with Crippen LogP contribution in [0.3, 0.4) is 0 Å². The molecule has 1 aliphatic rings. The van der Waals surface area contributed by atoms with Crippen molar-refractivity contribution < 1.29 is 4.74 Å². The molecule has 134 valence electrons. The Kier molecular flexibility index (Phi) is 6.63. The maximum absolute atomic E-state index is 6.21. The summed E-state index contributed by atoms with van der Waals surface area (Å²) in [5.74, 6) is 1.31. The summed E-state index contributed by atoms with van der Waals surface area (Å²) in [5.41, 5.74) is 3.86. The van der Waals surface area contributed by atoms with Gasteiger partial charge in [-0.3, -0.25) is 0 Å². The lowest BCUT2D eigenvalue weighted by Gasteiger charge is -2.23. The number of rotatable bonds is 6. The van der Waals surface area contributed by atoms with Gasteiger partial charge in [-0.25, -0.2) is 0 Å². The molecule has 1 aliphatic heterocycles. The molecule has 3 rings (SSSR count). The molecular weight excluding hydrogens is 353 g/mol. The van der Waals surface area contributed by atoms with E-state index in [2.05, 4.69) is 29.6 Å². The highest BCUT2D eigenvalue weighted by molar-refractivity contribution is 6.37. The molecule has 1 heterocycles. The van der Waals surface area contributed by atoms with Crippen LogP contribution in [0.1, 0.15) is 41.9 Å². The number of benzene rings is 2.